The predicted octanol–water partition coefficient (Wildman–Crippen LogP) is -0.599. The van der Waals surface area contributed by atoms with Gasteiger partial charge in [-0.15, -0.1) is 0 Å². The number of fused-ring (bicyclic) bond motifs is 1. The molecule has 2 aromatic rings. The highest BCUT2D eigenvalue weighted by Gasteiger charge is 2.52. The average molecular weight is 380 g/mol. The van der Waals surface area contributed by atoms with Gasteiger partial charge in [0, 0.05) is 20.8 Å². The predicted molar refractivity (Wildman–Crippen MR) is 84.9 cm³/mol. The average Bonchev–Trinajstić information content (AvgIpc) is 3.11. The quantitative estimate of drug-likeness (QED) is 0.537. The summed E-state index contributed by atoms with van der Waals surface area (Å²) in [6.45, 7) is 3.46. The number of esters is 3. The summed E-state index contributed by atoms with van der Waals surface area (Å²) in [7, 11) is 0. The van der Waals surface area contributed by atoms with Crippen molar-refractivity contribution in [3.05, 3.63) is 23.0 Å². The standard InChI is InChI=1S/C15H16N4O8/c1-6(20)24-10-11(25-7(2)21)15(26-8(3)22)27-14(10)19-5-18-9-12(19)16-4-17-13(9)23/h4-5,10-11,14-15H,1-3H3,(H,16,17,23)/t10-,11-,14+,15-/m1/s1. The molecule has 3 rings (SSSR count). The molecule has 1 fully saturated rings. The number of hydrogen-bond acceptors (Lipinski definition) is 10. The van der Waals surface area contributed by atoms with Crippen molar-refractivity contribution >= 4 is 29.1 Å². The molecule has 3 heterocycles. The van der Waals surface area contributed by atoms with Gasteiger partial charge in [0.2, 0.25) is 12.4 Å². The summed E-state index contributed by atoms with van der Waals surface area (Å²) in [5, 5.41) is 0. The van der Waals surface area contributed by atoms with E-state index in [1.54, 1.807) is 0 Å². The minimum Gasteiger partial charge on any atom is -0.453 e. The summed E-state index contributed by atoms with van der Waals surface area (Å²) in [6.07, 6.45) is -2.41. The van der Waals surface area contributed by atoms with E-state index in [0.29, 0.717) is 0 Å². The third-order valence-corrected chi connectivity index (χ3v) is 3.67. The molecule has 0 unspecified atom stereocenters. The van der Waals surface area contributed by atoms with Gasteiger partial charge in [-0.05, 0) is 0 Å². The molecule has 0 aliphatic carbocycles. The molecule has 0 spiro atoms. The van der Waals surface area contributed by atoms with Crippen LogP contribution in [0.2, 0.25) is 0 Å². The second-order valence-electron chi connectivity index (χ2n) is 5.71. The lowest BCUT2D eigenvalue weighted by atomic mass is 10.2. The van der Waals surface area contributed by atoms with Crippen LogP contribution < -0.4 is 5.56 Å². The maximum Gasteiger partial charge on any atom is 0.305 e. The van der Waals surface area contributed by atoms with Crippen LogP contribution in [-0.4, -0.2) is 55.9 Å². The van der Waals surface area contributed by atoms with Crippen LogP contribution in [0.4, 0.5) is 0 Å². The van der Waals surface area contributed by atoms with Gasteiger partial charge in [-0.1, -0.05) is 0 Å². The van der Waals surface area contributed by atoms with Gasteiger partial charge in [0.05, 0.1) is 12.7 Å². The van der Waals surface area contributed by atoms with Crippen molar-refractivity contribution in [1.29, 1.82) is 0 Å². The number of rotatable bonds is 4. The summed E-state index contributed by atoms with van der Waals surface area (Å²) in [5.41, 5.74) is -0.303. The molecule has 0 amide bonds. The van der Waals surface area contributed by atoms with Crippen LogP contribution in [0.5, 0.6) is 0 Å². The Hall–Kier alpha value is -3.28. The highest BCUT2D eigenvalue weighted by molar-refractivity contribution is 5.70. The van der Waals surface area contributed by atoms with E-state index in [2.05, 4.69) is 15.0 Å². The van der Waals surface area contributed by atoms with Gasteiger partial charge >= 0.3 is 17.9 Å². The van der Waals surface area contributed by atoms with Gasteiger partial charge in [0.25, 0.3) is 5.56 Å². The number of ether oxygens (including phenoxy) is 4. The van der Waals surface area contributed by atoms with Crippen LogP contribution in [0.3, 0.4) is 0 Å². The molecule has 27 heavy (non-hydrogen) atoms. The fourth-order valence-electron chi connectivity index (χ4n) is 2.77. The summed E-state index contributed by atoms with van der Waals surface area (Å²) in [6, 6.07) is 0. The van der Waals surface area contributed by atoms with Crippen molar-refractivity contribution in [2.24, 2.45) is 0 Å². The van der Waals surface area contributed by atoms with Crippen LogP contribution in [0.1, 0.15) is 27.0 Å². The number of carbonyl (C=O) groups is 3. The van der Waals surface area contributed by atoms with E-state index in [4.69, 9.17) is 18.9 Å². The summed E-state index contributed by atoms with van der Waals surface area (Å²) < 4.78 is 22.5. The van der Waals surface area contributed by atoms with Gasteiger partial charge in [0.15, 0.2) is 23.5 Å². The van der Waals surface area contributed by atoms with Crippen LogP contribution in [0.15, 0.2) is 17.4 Å². The molecule has 12 nitrogen and oxygen atoms in total. The highest BCUT2D eigenvalue weighted by Crippen LogP contribution is 2.35. The van der Waals surface area contributed by atoms with E-state index in [9.17, 15) is 19.2 Å². The normalized spacial score (nSPS) is 24.6. The first-order chi connectivity index (χ1) is 12.8. The lowest BCUT2D eigenvalue weighted by molar-refractivity contribution is -0.198. The van der Waals surface area contributed by atoms with Crippen molar-refractivity contribution in [3.63, 3.8) is 0 Å². The number of nitrogens with one attached hydrogen (secondary N) is 1. The highest BCUT2D eigenvalue weighted by atomic mass is 16.8. The van der Waals surface area contributed by atoms with Crippen LogP contribution >= 0.6 is 0 Å². The smallest absolute Gasteiger partial charge is 0.305 e. The molecule has 1 N–H and O–H groups in total. The van der Waals surface area contributed by atoms with Crippen molar-refractivity contribution in [3.8, 4) is 0 Å². The molecule has 1 saturated heterocycles. The molecule has 0 radical (unpaired) electrons. The molecule has 1 aliphatic rings. The zero-order valence-electron chi connectivity index (χ0n) is 14.6. The zero-order valence-corrected chi connectivity index (χ0v) is 14.6. The van der Waals surface area contributed by atoms with E-state index in [1.807, 2.05) is 0 Å². The molecule has 12 heteroatoms. The van der Waals surface area contributed by atoms with Crippen molar-refractivity contribution in [1.82, 2.24) is 19.5 Å². The Kier molecular flexibility index (Phi) is 4.90. The first-order valence-corrected chi connectivity index (χ1v) is 7.85. The number of aromatic amines is 1. The molecule has 1 aliphatic heterocycles. The van der Waals surface area contributed by atoms with Gasteiger partial charge < -0.3 is 23.9 Å². The van der Waals surface area contributed by atoms with Crippen LogP contribution in [0, 0.1) is 0 Å². The third-order valence-electron chi connectivity index (χ3n) is 3.67. The van der Waals surface area contributed by atoms with E-state index in [-0.39, 0.29) is 11.2 Å². The lowest BCUT2D eigenvalue weighted by Crippen LogP contribution is -2.40. The van der Waals surface area contributed by atoms with Crippen molar-refractivity contribution < 1.29 is 33.3 Å². The molecule has 144 valence electrons. The largest absolute Gasteiger partial charge is 0.453 e. The van der Waals surface area contributed by atoms with Crippen LogP contribution in [-0.2, 0) is 33.3 Å². The van der Waals surface area contributed by atoms with Gasteiger partial charge in [0.1, 0.15) is 0 Å². The molecular formula is C15H16N4O8. The van der Waals surface area contributed by atoms with Gasteiger partial charge in [-0.25, -0.2) is 9.97 Å². The number of imidazole rings is 1. The van der Waals surface area contributed by atoms with E-state index in [1.165, 1.54) is 17.2 Å². The Balaban J connectivity index is 2.06. The monoisotopic (exact) mass is 380 g/mol. The topological polar surface area (TPSA) is 152 Å². The van der Waals surface area contributed by atoms with Crippen LogP contribution in [0.25, 0.3) is 11.2 Å². The fraction of sp³-hybridized carbons (Fsp3) is 0.467. The Labute approximate surface area is 151 Å². The molecule has 0 aromatic carbocycles. The van der Waals surface area contributed by atoms with Crippen molar-refractivity contribution in [2.75, 3.05) is 0 Å². The summed E-state index contributed by atoms with van der Waals surface area (Å²) in [5.74, 6) is -2.06. The maximum atomic E-state index is 11.8. The van der Waals surface area contributed by atoms with E-state index in [0.717, 1.165) is 20.8 Å². The lowest BCUT2D eigenvalue weighted by Gasteiger charge is -2.23. The van der Waals surface area contributed by atoms with E-state index < -0.39 is 48.2 Å². The molecule has 0 bridgehead atoms. The SMILES string of the molecule is CC(=O)O[C@@H]1O[C@H](n2cnc3c(=O)[nH]cnc32)[C@H](OC(C)=O)[C@H]1OC(C)=O. The molecule has 0 saturated carbocycles. The summed E-state index contributed by atoms with van der Waals surface area (Å²) >= 11 is 0. The first-order valence-electron chi connectivity index (χ1n) is 7.85. The third kappa shape index (κ3) is 3.65. The maximum absolute atomic E-state index is 11.8. The van der Waals surface area contributed by atoms with Gasteiger partial charge in [-0.2, -0.15) is 0 Å². The Bertz CT molecular complexity index is 951. The number of carbonyl (C=O) groups excluding carboxylic acids is 3. The molecule has 4 atom stereocenters. The fourth-order valence-corrected chi connectivity index (χ4v) is 2.77. The molecular weight excluding hydrogens is 364 g/mol. The van der Waals surface area contributed by atoms with E-state index >= 15 is 0 Å². The number of nitrogens with zero attached hydrogens (tertiary/aromatic N) is 3. The Morgan fingerprint density at radius 3 is 2.30 bits per heavy atom. The van der Waals surface area contributed by atoms with Gasteiger partial charge in [-0.3, -0.25) is 23.7 Å². The second kappa shape index (κ2) is 7.15. The second-order valence-corrected chi connectivity index (χ2v) is 5.71. The Morgan fingerprint density at radius 2 is 1.67 bits per heavy atom. The number of aromatic nitrogens is 4. The molecule has 2 aromatic heterocycles. The number of hydrogen-bond donors (Lipinski definition) is 1. The minimum atomic E-state index is -1.33. The van der Waals surface area contributed by atoms with Crippen molar-refractivity contribution in [2.45, 2.75) is 45.5 Å². The number of H-pyrrole nitrogens is 1. The zero-order chi connectivity index (χ0) is 19.7. The summed E-state index contributed by atoms with van der Waals surface area (Å²) in [4.78, 5) is 56.7. The first kappa shape index (κ1) is 18.5. The Morgan fingerprint density at radius 1 is 1.04 bits per heavy atom. The minimum absolute atomic E-state index is 0.0302.